The van der Waals surface area contributed by atoms with Gasteiger partial charge in [-0.1, -0.05) is 0 Å². The second kappa shape index (κ2) is 7.46. The van der Waals surface area contributed by atoms with Gasteiger partial charge in [0.25, 0.3) is 0 Å². The zero-order chi connectivity index (χ0) is 16.8. The number of primary amides is 1. The molecule has 0 rings (SSSR count). The van der Waals surface area contributed by atoms with Crippen molar-refractivity contribution in [1.82, 2.24) is 10.6 Å². The summed E-state index contributed by atoms with van der Waals surface area (Å²) >= 11 is 0. The predicted octanol–water partition coefficient (Wildman–Crippen LogP) is -0.656. The van der Waals surface area contributed by atoms with Gasteiger partial charge in [0.2, 0.25) is 11.8 Å². The maximum Gasteiger partial charge on any atom is 0.408 e. The Morgan fingerprint density at radius 3 is 2.10 bits per heavy atom. The molecule has 0 aromatic rings. The van der Waals surface area contributed by atoms with Gasteiger partial charge in [-0.3, -0.25) is 14.4 Å². The fourth-order valence-electron chi connectivity index (χ4n) is 1.24. The van der Waals surface area contributed by atoms with Crippen LogP contribution < -0.4 is 16.4 Å². The summed E-state index contributed by atoms with van der Waals surface area (Å²) in [5.41, 5.74) is 4.21. The van der Waals surface area contributed by atoms with Gasteiger partial charge in [0, 0.05) is 0 Å². The van der Waals surface area contributed by atoms with Crippen LogP contribution in [0.5, 0.6) is 0 Å². The van der Waals surface area contributed by atoms with Crippen LogP contribution in [0.15, 0.2) is 0 Å². The number of ether oxygens (including phenoxy) is 1. The average Bonchev–Trinajstić information content (AvgIpc) is 2.24. The van der Waals surface area contributed by atoms with Crippen molar-refractivity contribution in [3.63, 3.8) is 0 Å². The molecule has 0 heterocycles. The summed E-state index contributed by atoms with van der Waals surface area (Å²) in [6, 6.07) is -2.48. The zero-order valence-corrected chi connectivity index (χ0v) is 12.4. The maximum atomic E-state index is 11.8. The molecule has 120 valence electrons. The van der Waals surface area contributed by atoms with Gasteiger partial charge in [-0.15, -0.1) is 0 Å². The smallest absolute Gasteiger partial charge is 0.408 e. The summed E-state index contributed by atoms with van der Waals surface area (Å²) in [5, 5.41) is 13.0. The van der Waals surface area contributed by atoms with Crippen LogP contribution in [0.1, 0.15) is 34.1 Å². The monoisotopic (exact) mass is 303 g/mol. The number of alkyl carbamates (subject to hydrolysis) is 1. The van der Waals surface area contributed by atoms with E-state index in [1.807, 2.05) is 0 Å². The van der Waals surface area contributed by atoms with Crippen molar-refractivity contribution in [2.75, 3.05) is 0 Å². The third-order valence-corrected chi connectivity index (χ3v) is 2.14. The number of nitrogens with one attached hydrogen (secondary N) is 2. The number of carbonyl (C=O) groups excluding carboxylic acids is 3. The molecule has 2 atom stereocenters. The third kappa shape index (κ3) is 8.45. The molecule has 9 heteroatoms. The number of carboxylic acids is 1. The van der Waals surface area contributed by atoms with E-state index in [0.29, 0.717) is 0 Å². The fourth-order valence-corrected chi connectivity index (χ4v) is 1.24. The van der Waals surface area contributed by atoms with E-state index >= 15 is 0 Å². The highest BCUT2D eigenvalue weighted by Gasteiger charge is 2.27. The SMILES string of the molecule is C[C@@H](NC(=O)[C@@H](CC(N)=O)NC(=O)OC(C)(C)C)C(=O)O. The molecule has 0 saturated carbocycles. The van der Waals surface area contributed by atoms with Crippen molar-refractivity contribution in [2.45, 2.75) is 51.8 Å². The normalized spacial score (nSPS) is 13.7. The number of amides is 3. The van der Waals surface area contributed by atoms with Gasteiger partial charge in [-0.25, -0.2) is 4.79 Å². The van der Waals surface area contributed by atoms with E-state index in [0.717, 1.165) is 0 Å². The highest BCUT2D eigenvalue weighted by atomic mass is 16.6. The first kappa shape index (κ1) is 18.7. The summed E-state index contributed by atoms with van der Waals surface area (Å²) in [7, 11) is 0. The molecule has 0 spiro atoms. The Kier molecular flexibility index (Phi) is 6.64. The van der Waals surface area contributed by atoms with Gasteiger partial charge < -0.3 is 26.2 Å². The predicted molar refractivity (Wildman–Crippen MR) is 72.2 cm³/mol. The summed E-state index contributed by atoms with van der Waals surface area (Å²) < 4.78 is 4.95. The third-order valence-electron chi connectivity index (χ3n) is 2.14. The maximum absolute atomic E-state index is 11.8. The molecule has 0 fully saturated rings. The molecule has 9 nitrogen and oxygen atoms in total. The molecule has 0 radical (unpaired) electrons. The molecule has 0 unspecified atom stereocenters. The Hall–Kier alpha value is -2.32. The minimum atomic E-state index is -1.31. The van der Waals surface area contributed by atoms with Gasteiger partial charge in [0.1, 0.15) is 17.7 Å². The molecule has 0 bridgehead atoms. The quantitative estimate of drug-likeness (QED) is 0.512. The minimum absolute atomic E-state index is 0.475. The Bertz CT molecular complexity index is 429. The lowest BCUT2D eigenvalue weighted by molar-refractivity contribution is -0.141. The molecule has 0 aromatic carbocycles. The Labute approximate surface area is 122 Å². The van der Waals surface area contributed by atoms with E-state index in [1.165, 1.54) is 6.92 Å². The minimum Gasteiger partial charge on any atom is -0.480 e. The Morgan fingerprint density at radius 2 is 1.71 bits per heavy atom. The van der Waals surface area contributed by atoms with Crippen LogP contribution in [0.3, 0.4) is 0 Å². The number of hydrogen-bond acceptors (Lipinski definition) is 5. The molecule has 5 N–H and O–H groups in total. The number of carboxylic acid groups (broad SMARTS) is 1. The molecule has 0 aliphatic carbocycles. The van der Waals surface area contributed by atoms with Crippen molar-refractivity contribution >= 4 is 23.9 Å². The van der Waals surface area contributed by atoms with Crippen molar-refractivity contribution in [3.05, 3.63) is 0 Å². The van der Waals surface area contributed by atoms with E-state index in [1.54, 1.807) is 20.8 Å². The van der Waals surface area contributed by atoms with Crippen LogP contribution in [0.25, 0.3) is 0 Å². The van der Waals surface area contributed by atoms with Crippen molar-refractivity contribution in [3.8, 4) is 0 Å². The summed E-state index contributed by atoms with van der Waals surface area (Å²) in [6.07, 6.45) is -1.39. The molecule has 0 saturated heterocycles. The van der Waals surface area contributed by atoms with Crippen LogP contribution in [-0.4, -0.2) is 46.7 Å². The first-order valence-electron chi connectivity index (χ1n) is 6.23. The lowest BCUT2D eigenvalue weighted by Crippen LogP contribution is -2.52. The summed E-state index contributed by atoms with van der Waals surface area (Å²) in [6.45, 7) is 6.13. The highest BCUT2D eigenvalue weighted by Crippen LogP contribution is 2.07. The lowest BCUT2D eigenvalue weighted by Gasteiger charge is -2.23. The molecule has 21 heavy (non-hydrogen) atoms. The Morgan fingerprint density at radius 1 is 1.19 bits per heavy atom. The molecule has 0 aromatic heterocycles. The van der Waals surface area contributed by atoms with Gasteiger partial charge >= 0.3 is 12.1 Å². The van der Waals surface area contributed by atoms with Crippen LogP contribution >= 0.6 is 0 Å². The van der Waals surface area contributed by atoms with Crippen LogP contribution in [0.2, 0.25) is 0 Å². The van der Waals surface area contributed by atoms with Crippen molar-refractivity contribution in [2.24, 2.45) is 5.73 Å². The second-order valence-corrected chi connectivity index (χ2v) is 5.44. The van der Waals surface area contributed by atoms with Crippen LogP contribution in [0.4, 0.5) is 4.79 Å². The van der Waals surface area contributed by atoms with Crippen molar-refractivity contribution in [1.29, 1.82) is 0 Å². The van der Waals surface area contributed by atoms with Gasteiger partial charge in [-0.2, -0.15) is 0 Å². The van der Waals surface area contributed by atoms with Crippen molar-refractivity contribution < 1.29 is 29.0 Å². The molecule has 0 aliphatic heterocycles. The topological polar surface area (TPSA) is 148 Å². The first-order chi connectivity index (χ1) is 9.42. The lowest BCUT2D eigenvalue weighted by atomic mass is 10.1. The van der Waals surface area contributed by atoms with Gasteiger partial charge in [-0.05, 0) is 27.7 Å². The van der Waals surface area contributed by atoms with Crippen LogP contribution in [0, 0.1) is 0 Å². The van der Waals surface area contributed by atoms with E-state index in [4.69, 9.17) is 15.6 Å². The van der Waals surface area contributed by atoms with E-state index in [9.17, 15) is 19.2 Å². The largest absolute Gasteiger partial charge is 0.480 e. The highest BCUT2D eigenvalue weighted by molar-refractivity contribution is 5.92. The molecule has 0 aliphatic rings. The van der Waals surface area contributed by atoms with E-state index < -0.39 is 48.0 Å². The van der Waals surface area contributed by atoms with E-state index in [-0.39, 0.29) is 0 Å². The average molecular weight is 303 g/mol. The Balaban J connectivity index is 4.79. The summed E-state index contributed by atoms with van der Waals surface area (Å²) in [4.78, 5) is 45.0. The van der Waals surface area contributed by atoms with E-state index in [2.05, 4.69) is 10.6 Å². The fraction of sp³-hybridized carbons (Fsp3) is 0.667. The molecular weight excluding hydrogens is 282 g/mol. The summed E-state index contributed by atoms with van der Waals surface area (Å²) in [5.74, 6) is -2.91. The molecule has 3 amide bonds. The number of rotatable bonds is 6. The number of aliphatic carboxylic acids is 1. The zero-order valence-electron chi connectivity index (χ0n) is 12.4. The number of nitrogens with two attached hydrogens (primary N) is 1. The second-order valence-electron chi connectivity index (χ2n) is 5.44. The standard InChI is InChI=1S/C12H21N3O6/c1-6(10(18)19)14-9(17)7(5-8(13)16)15-11(20)21-12(2,3)4/h6-7H,5H2,1-4H3,(H2,13,16)(H,14,17)(H,15,20)(H,18,19)/t6-,7-/m1/s1. The van der Waals surface area contributed by atoms with Gasteiger partial charge in [0.05, 0.1) is 6.42 Å². The number of hydrogen-bond donors (Lipinski definition) is 4. The molecular formula is C12H21N3O6. The van der Waals surface area contributed by atoms with Crippen LogP contribution in [-0.2, 0) is 19.1 Å². The number of carbonyl (C=O) groups is 4. The first-order valence-corrected chi connectivity index (χ1v) is 6.23. The van der Waals surface area contributed by atoms with Gasteiger partial charge in [0.15, 0.2) is 0 Å².